The fraction of sp³-hybridized carbons (Fsp3) is 0.524. The number of hydrogen-bond acceptors (Lipinski definition) is 2. The third-order valence-corrected chi connectivity index (χ3v) is 5.43. The lowest BCUT2D eigenvalue weighted by molar-refractivity contribution is 0.372. The van der Waals surface area contributed by atoms with Gasteiger partial charge in [-0.05, 0) is 62.1 Å². The quantitative estimate of drug-likeness (QED) is 0.537. The van der Waals surface area contributed by atoms with E-state index in [1.807, 2.05) is 31.3 Å². The SMILES string of the molecule is C=C/C=C(CN1CCCC1)\C(=C/C)c1ccc(C(C)C)s1.CC. The van der Waals surface area contributed by atoms with Gasteiger partial charge in [0.05, 0.1) is 0 Å². The summed E-state index contributed by atoms with van der Waals surface area (Å²) in [6.07, 6.45) is 9.03. The molecule has 1 aliphatic heterocycles. The van der Waals surface area contributed by atoms with Crippen LogP contribution in [0.15, 0.2) is 42.5 Å². The van der Waals surface area contributed by atoms with Crippen molar-refractivity contribution in [2.45, 2.75) is 53.4 Å². The number of rotatable bonds is 6. The molecule has 2 heteroatoms. The molecule has 0 radical (unpaired) electrons. The van der Waals surface area contributed by atoms with Gasteiger partial charge < -0.3 is 0 Å². The zero-order valence-corrected chi connectivity index (χ0v) is 16.4. The molecule has 1 aromatic rings. The second-order valence-electron chi connectivity index (χ2n) is 5.97. The maximum absolute atomic E-state index is 3.90. The summed E-state index contributed by atoms with van der Waals surface area (Å²) in [6, 6.07) is 4.55. The lowest BCUT2D eigenvalue weighted by atomic mass is 10.0. The highest BCUT2D eigenvalue weighted by Crippen LogP contribution is 2.33. The first-order valence-corrected chi connectivity index (χ1v) is 9.78. The first-order chi connectivity index (χ1) is 11.2. The van der Waals surface area contributed by atoms with Crippen LogP contribution in [0.5, 0.6) is 0 Å². The topological polar surface area (TPSA) is 3.24 Å². The van der Waals surface area contributed by atoms with E-state index < -0.39 is 0 Å². The van der Waals surface area contributed by atoms with Crippen LogP contribution in [0.1, 0.15) is 63.1 Å². The molecule has 0 saturated carbocycles. The molecule has 1 aromatic heterocycles. The van der Waals surface area contributed by atoms with Crippen LogP contribution in [0, 0.1) is 0 Å². The molecule has 2 heterocycles. The minimum atomic E-state index is 0.604. The highest BCUT2D eigenvalue weighted by atomic mass is 32.1. The van der Waals surface area contributed by atoms with Crippen LogP contribution in [0.25, 0.3) is 5.57 Å². The van der Waals surface area contributed by atoms with E-state index in [2.05, 4.69) is 56.5 Å². The maximum atomic E-state index is 3.90. The van der Waals surface area contributed by atoms with Gasteiger partial charge in [0.25, 0.3) is 0 Å². The van der Waals surface area contributed by atoms with E-state index in [0.717, 1.165) is 6.54 Å². The van der Waals surface area contributed by atoms with E-state index >= 15 is 0 Å². The van der Waals surface area contributed by atoms with Gasteiger partial charge >= 0.3 is 0 Å². The first kappa shape index (κ1) is 19.9. The van der Waals surface area contributed by atoms with Crippen molar-refractivity contribution in [2.24, 2.45) is 0 Å². The van der Waals surface area contributed by atoms with Gasteiger partial charge in [-0.25, -0.2) is 0 Å². The van der Waals surface area contributed by atoms with Crippen LogP contribution in [0.3, 0.4) is 0 Å². The molecule has 0 spiro atoms. The lowest BCUT2D eigenvalue weighted by Crippen LogP contribution is -2.22. The van der Waals surface area contributed by atoms with E-state index in [-0.39, 0.29) is 0 Å². The second-order valence-corrected chi connectivity index (χ2v) is 7.09. The van der Waals surface area contributed by atoms with Crippen LogP contribution in [0.2, 0.25) is 0 Å². The Bertz CT molecular complexity index is 528. The summed E-state index contributed by atoms with van der Waals surface area (Å²) in [7, 11) is 0. The molecule has 128 valence electrons. The minimum absolute atomic E-state index is 0.604. The summed E-state index contributed by atoms with van der Waals surface area (Å²) < 4.78 is 0. The van der Waals surface area contributed by atoms with Crippen LogP contribution < -0.4 is 0 Å². The summed E-state index contributed by atoms with van der Waals surface area (Å²) in [5.74, 6) is 0.604. The van der Waals surface area contributed by atoms with Crippen LogP contribution in [0.4, 0.5) is 0 Å². The lowest BCUT2D eigenvalue weighted by Gasteiger charge is -2.19. The van der Waals surface area contributed by atoms with Gasteiger partial charge in [-0.15, -0.1) is 11.3 Å². The molecule has 1 aliphatic rings. The Hall–Kier alpha value is -1.12. The van der Waals surface area contributed by atoms with Crippen molar-refractivity contribution in [1.82, 2.24) is 4.90 Å². The Morgan fingerprint density at radius 3 is 2.39 bits per heavy atom. The number of hydrogen-bond donors (Lipinski definition) is 0. The first-order valence-electron chi connectivity index (χ1n) is 8.96. The van der Waals surface area contributed by atoms with Gasteiger partial charge in [0.1, 0.15) is 0 Å². The van der Waals surface area contributed by atoms with E-state index in [1.165, 1.54) is 46.8 Å². The van der Waals surface area contributed by atoms with E-state index in [4.69, 9.17) is 0 Å². The van der Waals surface area contributed by atoms with Crippen molar-refractivity contribution >= 4 is 16.9 Å². The van der Waals surface area contributed by atoms with Crippen molar-refractivity contribution < 1.29 is 0 Å². The zero-order chi connectivity index (χ0) is 17.2. The average molecular weight is 332 g/mol. The highest BCUT2D eigenvalue weighted by molar-refractivity contribution is 7.13. The number of nitrogens with zero attached hydrogens (tertiary/aromatic N) is 1. The zero-order valence-electron chi connectivity index (χ0n) is 15.6. The molecular weight excluding hydrogens is 298 g/mol. The Balaban J connectivity index is 0.00000127. The summed E-state index contributed by atoms with van der Waals surface area (Å²) in [6.45, 7) is 18.1. The number of allylic oxidation sites excluding steroid dienone is 3. The minimum Gasteiger partial charge on any atom is -0.299 e. The summed E-state index contributed by atoms with van der Waals surface area (Å²) >= 11 is 1.92. The fourth-order valence-electron chi connectivity index (χ4n) is 2.85. The summed E-state index contributed by atoms with van der Waals surface area (Å²) in [4.78, 5) is 5.40. The largest absolute Gasteiger partial charge is 0.299 e. The summed E-state index contributed by atoms with van der Waals surface area (Å²) in [5.41, 5.74) is 2.77. The molecule has 0 N–H and O–H groups in total. The van der Waals surface area contributed by atoms with Crippen LogP contribution in [-0.2, 0) is 0 Å². The smallest absolute Gasteiger partial charge is 0.0345 e. The molecular formula is C21H33NS. The van der Waals surface area contributed by atoms with Gasteiger partial charge in [0.15, 0.2) is 0 Å². The third kappa shape index (κ3) is 5.78. The molecule has 0 bridgehead atoms. The van der Waals surface area contributed by atoms with Crippen LogP contribution in [-0.4, -0.2) is 24.5 Å². The standard InChI is InChI=1S/C19H27NS.C2H6/c1-5-9-16(14-20-12-7-8-13-20)17(6-2)19-11-10-18(21-19)15(3)4;1-2/h5-6,9-11,15H,1,7-8,12-14H2,2-4H3;1-2H3/b16-9-,17-6+;. The van der Waals surface area contributed by atoms with Gasteiger partial charge in [-0.2, -0.15) is 0 Å². The average Bonchev–Trinajstić information content (AvgIpc) is 3.22. The molecule has 0 aromatic carbocycles. The second kappa shape index (κ2) is 10.6. The predicted octanol–water partition coefficient (Wildman–Crippen LogP) is 6.51. The Morgan fingerprint density at radius 1 is 1.26 bits per heavy atom. The Morgan fingerprint density at radius 2 is 1.91 bits per heavy atom. The van der Waals surface area contributed by atoms with E-state index in [0.29, 0.717) is 5.92 Å². The molecule has 23 heavy (non-hydrogen) atoms. The molecule has 0 atom stereocenters. The van der Waals surface area contributed by atoms with Crippen molar-refractivity contribution in [3.8, 4) is 0 Å². The monoisotopic (exact) mass is 331 g/mol. The van der Waals surface area contributed by atoms with Crippen LogP contribution >= 0.6 is 11.3 Å². The van der Waals surface area contributed by atoms with Crippen molar-refractivity contribution in [1.29, 1.82) is 0 Å². The molecule has 1 saturated heterocycles. The number of likely N-dealkylation sites (tertiary alicyclic amines) is 1. The molecule has 0 amide bonds. The molecule has 0 unspecified atom stereocenters. The molecule has 0 aliphatic carbocycles. The predicted molar refractivity (Wildman–Crippen MR) is 107 cm³/mol. The normalized spacial score (nSPS) is 16.4. The van der Waals surface area contributed by atoms with Gasteiger partial charge in [0, 0.05) is 16.3 Å². The Kier molecular flexibility index (Phi) is 9.20. The highest BCUT2D eigenvalue weighted by Gasteiger charge is 2.17. The van der Waals surface area contributed by atoms with Crippen molar-refractivity contribution in [2.75, 3.05) is 19.6 Å². The van der Waals surface area contributed by atoms with Gasteiger partial charge in [-0.1, -0.05) is 52.5 Å². The Labute approximate surface area is 147 Å². The van der Waals surface area contributed by atoms with Crippen molar-refractivity contribution in [3.05, 3.63) is 52.3 Å². The number of thiophene rings is 1. The summed E-state index contributed by atoms with van der Waals surface area (Å²) in [5, 5.41) is 0. The molecule has 1 nitrogen and oxygen atoms in total. The molecule has 2 rings (SSSR count). The van der Waals surface area contributed by atoms with E-state index in [1.54, 1.807) is 0 Å². The van der Waals surface area contributed by atoms with E-state index in [9.17, 15) is 0 Å². The fourth-order valence-corrected chi connectivity index (χ4v) is 3.97. The van der Waals surface area contributed by atoms with Gasteiger partial charge in [-0.3, -0.25) is 4.90 Å². The maximum Gasteiger partial charge on any atom is 0.0345 e. The third-order valence-electron chi connectivity index (χ3n) is 4.01. The van der Waals surface area contributed by atoms with Gasteiger partial charge in [0.2, 0.25) is 0 Å². The molecule has 1 fully saturated rings. The van der Waals surface area contributed by atoms with Crippen molar-refractivity contribution in [3.63, 3.8) is 0 Å².